The molecule has 0 nitrogen and oxygen atoms in total. The molecule has 0 radical (unpaired) electrons. The fourth-order valence-electron chi connectivity index (χ4n) is 2.76. The summed E-state index contributed by atoms with van der Waals surface area (Å²) in [6.07, 6.45) is 9.36. The molecule has 0 aliphatic heterocycles. The molecule has 3 rings (SSSR count). The molecule has 0 heteroatoms. The SMILES string of the molecule is CC(C)(C)C1=CCC(C2=Cc3ccccc3C2)=C1. The number of hydrogen-bond acceptors (Lipinski definition) is 0. The first-order chi connectivity index (χ1) is 8.54. The van der Waals surface area contributed by atoms with E-state index >= 15 is 0 Å². The maximum absolute atomic E-state index is 2.40. The summed E-state index contributed by atoms with van der Waals surface area (Å²) in [4.78, 5) is 0. The highest BCUT2D eigenvalue weighted by Crippen LogP contribution is 2.38. The monoisotopic (exact) mass is 236 g/mol. The normalized spacial score (nSPS) is 18.3. The van der Waals surface area contributed by atoms with Gasteiger partial charge in [-0.25, -0.2) is 0 Å². The fourth-order valence-corrected chi connectivity index (χ4v) is 2.76. The number of rotatable bonds is 1. The molecule has 0 spiro atoms. The second-order valence-electron chi connectivity index (χ2n) is 6.33. The Morgan fingerprint density at radius 1 is 0.944 bits per heavy atom. The van der Waals surface area contributed by atoms with Gasteiger partial charge in [-0.2, -0.15) is 0 Å². The molecule has 1 aromatic carbocycles. The predicted molar refractivity (Wildman–Crippen MR) is 78.4 cm³/mol. The summed E-state index contributed by atoms with van der Waals surface area (Å²) in [5, 5.41) is 0. The minimum absolute atomic E-state index is 0.272. The van der Waals surface area contributed by atoms with Gasteiger partial charge in [0.25, 0.3) is 0 Å². The summed E-state index contributed by atoms with van der Waals surface area (Å²) in [5.41, 5.74) is 7.64. The van der Waals surface area contributed by atoms with Crippen molar-refractivity contribution in [2.24, 2.45) is 5.41 Å². The van der Waals surface area contributed by atoms with Gasteiger partial charge >= 0.3 is 0 Å². The number of allylic oxidation sites excluding steroid dienone is 5. The molecule has 0 unspecified atom stereocenters. The van der Waals surface area contributed by atoms with Crippen LogP contribution in [0.15, 0.2) is 53.1 Å². The van der Waals surface area contributed by atoms with Crippen LogP contribution in [-0.2, 0) is 6.42 Å². The second-order valence-corrected chi connectivity index (χ2v) is 6.33. The highest BCUT2D eigenvalue weighted by Gasteiger charge is 2.22. The molecule has 2 aliphatic rings. The highest BCUT2D eigenvalue weighted by molar-refractivity contribution is 5.69. The number of fused-ring (bicyclic) bond motifs is 1. The van der Waals surface area contributed by atoms with E-state index in [2.05, 4.69) is 63.3 Å². The first-order valence-electron chi connectivity index (χ1n) is 6.74. The van der Waals surface area contributed by atoms with Gasteiger partial charge in [0.2, 0.25) is 0 Å². The van der Waals surface area contributed by atoms with Crippen molar-refractivity contribution in [1.29, 1.82) is 0 Å². The van der Waals surface area contributed by atoms with Crippen molar-refractivity contribution in [1.82, 2.24) is 0 Å². The largest absolute Gasteiger partial charge is 0.0764 e. The molecule has 0 heterocycles. The molecular weight excluding hydrogens is 216 g/mol. The van der Waals surface area contributed by atoms with Crippen molar-refractivity contribution in [3.05, 3.63) is 64.3 Å². The Morgan fingerprint density at radius 2 is 1.72 bits per heavy atom. The van der Waals surface area contributed by atoms with Crippen LogP contribution in [0.3, 0.4) is 0 Å². The maximum Gasteiger partial charge on any atom is -0.00168 e. The van der Waals surface area contributed by atoms with Gasteiger partial charge in [-0.05, 0) is 46.1 Å². The van der Waals surface area contributed by atoms with Gasteiger partial charge in [0.15, 0.2) is 0 Å². The topological polar surface area (TPSA) is 0 Å². The first kappa shape index (κ1) is 11.5. The van der Waals surface area contributed by atoms with Crippen molar-refractivity contribution in [3.63, 3.8) is 0 Å². The molecule has 0 saturated carbocycles. The van der Waals surface area contributed by atoms with E-state index in [-0.39, 0.29) is 5.41 Å². The average molecular weight is 236 g/mol. The maximum atomic E-state index is 2.40. The lowest BCUT2D eigenvalue weighted by Gasteiger charge is -2.18. The molecule has 0 amide bonds. The van der Waals surface area contributed by atoms with E-state index in [9.17, 15) is 0 Å². The third-order valence-corrected chi connectivity index (χ3v) is 3.92. The lowest BCUT2D eigenvalue weighted by Crippen LogP contribution is -2.05. The van der Waals surface area contributed by atoms with Crippen molar-refractivity contribution in [3.8, 4) is 0 Å². The van der Waals surface area contributed by atoms with Crippen LogP contribution in [0.2, 0.25) is 0 Å². The van der Waals surface area contributed by atoms with Crippen LogP contribution in [0.4, 0.5) is 0 Å². The van der Waals surface area contributed by atoms with E-state index in [1.807, 2.05) is 0 Å². The summed E-state index contributed by atoms with van der Waals surface area (Å²) in [6.45, 7) is 6.86. The van der Waals surface area contributed by atoms with Gasteiger partial charge in [0, 0.05) is 0 Å². The van der Waals surface area contributed by atoms with E-state index in [1.54, 1.807) is 0 Å². The standard InChI is InChI=1S/C18H20/c1-18(2,3)17-9-8-15(12-17)16-10-13-6-4-5-7-14(13)11-16/h4-7,9-10,12H,8,11H2,1-3H3. The molecule has 1 aromatic rings. The lowest BCUT2D eigenvalue weighted by molar-refractivity contribution is 0.518. The Bertz CT molecular complexity index is 574. The highest BCUT2D eigenvalue weighted by atomic mass is 14.3. The molecule has 0 aromatic heterocycles. The molecule has 2 aliphatic carbocycles. The van der Waals surface area contributed by atoms with E-state index in [0.717, 1.165) is 12.8 Å². The third-order valence-electron chi connectivity index (χ3n) is 3.92. The quantitative estimate of drug-likeness (QED) is 0.648. The zero-order chi connectivity index (χ0) is 12.8. The summed E-state index contributed by atoms with van der Waals surface area (Å²) in [7, 11) is 0. The molecular formula is C18H20. The van der Waals surface area contributed by atoms with Gasteiger partial charge in [-0.1, -0.05) is 63.3 Å². The van der Waals surface area contributed by atoms with Crippen LogP contribution in [0.25, 0.3) is 6.08 Å². The van der Waals surface area contributed by atoms with E-state index < -0.39 is 0 Å². The molecule has 18 heavy (non-hydrogen) atoms. The third kappa shape index (κ3) is 1.96. The van der Waals surface area contributed by atoms with Crippen molar-refractivity contribution >= 4 is 6.08 Å². The van der Waals surface area contributed by atoms with Crippen LogP contribution in [0, 0.1) is 5.41 Å². The molecule has 92 valence electrons. The summed E-state index contributed by atoms with van der Waals surface area (Å²) in [5.74, 6) is 0. The van der Waals surface area contributed by atoms with Crippen molar-refractivity contribution in [2.45, 2.75) is 33.6 Å². The van der Waals surface area contributed by atoms with E-state index in [0.29, 0.717) is 0 Å². The molecule has 0 saturated heterocycles. The van der Waals surface area contributed by atoms with E-state index in [1.165, 1.54) is 27.8 Å². The predicted octanol–water partition coefficient (Wildman–Crippen LogP) is 4.93. The molecule has 0 atom stereocenters. The molecule has 0 fully saturated rings. The van der Waals surface area contributed by atoms with Gasteiger partial charge < -0.3 is 0 Å². The minimum atomic E-state index is 0.272. The van der Waals surface area contributed by atoms with Crippen LogP contribution < -0.4 is 0 Å². The van der Waals surface area contributed by atoms with Gasteiger partial charge in [-0.3, -0.25) is 0 Å². The van der Waals surface area contributed by atoms with Gasteiger partial charge in [0.1, 0.15) is 0 Å². The van der Waals surface area contributed by atoms with Crippen LogP contribution >= 0.6 is 0 Å². The van der Waals surface area contributed by atoms with Gasteiger partial charge in [-0.15, -0.1) is 0 Å². The lowest BCUT2D eigenvalue weighted by atomic mass is 9.87. The molecule has 0 N–H and O–H groups in total. The Hall–Kier alpha value is -1.56. The van der Waals surface area contributed by atoms with Crippen LogP contribution in [-0.4, -0.2) is 0 Å². The Kier molecular flexibility index (Phi) is 2.55. The number of hydrogen-bond donors (Lipinski definition) is 0. The average Bonchev–Trinajstić information content (AvgIpc) is 2.94. The second kappa shape index (κ2) is 3.98. The zero-order valence-electron chi connectivity index (χ0n) is 11.5. The Labute approximate surface area is 110 Å². The first-order valence-corrected chi connectivity index (χ1v) is 6.74. The van der Waals surface area contributed by atoms with Crippen molar-refractivity contribution in [2.75, 3.05) is 0 Å². The Balaban J connectivity index is 1.85. The smallest absolute Gasteiger partial charge is 0.00168 e. The summed E-state index contributed by atoms with van der Waals surface area (Å²) >= 11 is 0. The van der Waals surface area contributed by atoms with Crippen LogP contribution in [0.5, 0.6) is 0 Å². The van der Waals surface area contributed by atoms with Gasteiger partial charge in [0.05, 0.1) is 0 Å². The fraction of sp³-hybridized carbons (Fsp3) is 0.333. The summed E-state index contributed by atoms with van der Waals surface area (Å²) in [6, 6.07) is 8.72. The minimum Gasteiger partial charge on any atom is -0.0764 e. The summed E-state index contributed by atoms with van der Waals surface area (Å²) < 4.78 is 0. The van der Waals surface area contributed by atoms with Crippen LogP contribution in [0.1, 0.15) is 38.3 Å². The van der Waals surface area contributed by atoms with E-state index in [4.69, 9.17) is 0 Å². The zero-order valence-corrected chi connectivity index (χ0v) is 11.5. The van der Waals surface area contributed by atoms with Crippen molar-refractivity contribution < 1.29 is 0 Å². The molecule has 0 bridgehead atoms. The number of benzene rings is 1. The Morgan fingerprint density at radius 3 is 2.39 bits per heavy atom.